The number of nitrogens with one attached hydrogen (secondary N) is 1. The van der Waals surface area contributed by atoms with E-state index in [4.69, 9.17) is 10.5 Å². The maximum Gasteiger partial charge on any atom is 0.225 e. The second-order valence-corrected chi connectivity index (χ2v) is 4.36. The number of hydrogen-bond donors (Lipinski definition) is 2. The van der Waals surface area contributed by atoms with E-state index in [1.165, 1.54) is 0 Å². The van der Waals surface area contributed by atoms with Crippen LogP contribution < -0.4 is 15.8 Å². The minimum Gasteiger partial charge on any atom is -0.477 e. The molecule has 0 aliphatic rings. The molecule has 96 valence electrons. The summed E-state index contributed by atoms with van der Waals surface area (Å²) in [6.07, 6.45) is 2.18. The van der Waals surface area contributed by atoms with E-state index in [1.807, 2.05) is 6.92 Å². The van der Waals surface area contributed by atoms with E-state index in [9.17, 15) is 0 Å². The molecule has 5 heteroatoms. The van der Waals surface area contributed by atoms with Crippen molar-refractivity contribution >= 4 is 11.8 Å². The average molecular weight is 238 g/mol. The van der Waals surface area contributed by atoms with Gasteiger partial charge in [0.05, 0.1) is 6.61 Å². The van der Waals surface area contributed by atoms with Gasteiger partial charge in [0, 0.05) is 12.6 Å². The first-order valence-electron chi connectivity index (χ1n) is 6.13. The topological polar surface area (TPSA) is 73.1 Å². The van der Waals surface area contributed by atoms with Crippen molar-refractivity contribution in [2.24, 2.45) is 5.92 Å². The minimum absolute atomic E-state index is 0.238. The van der Waals surface area contributed by atoms with Crippen molar-refractivity contribution < 1.29 is 4.74 Å². The molecular formula is C12H22N4O. The van der Waals surface area contributed by atoms with Crippen LogP contribution in [0.1, 0.15) is 33.6 Å². The Balaban J connectivity index is 2.46. The first kappa shape index (κ1) is 13.5. The molecular weight excluding hydrogens is 216 g/mol. The fourth-order valence-corrected chi connectivity index (χ4v) is 1.46. The van der Waals surface area contributed by atoms with Gasteiger partial charge in [-0.3, -0.25) is 0 Å². The lowest BCUT2D eigenvalue weighted by atomic mass is 10.1. The average Bonchev–Trinajstić information content (AvgIpc) is 2.24. The highest BCUT2D eigenvalue weighted by Crippen LogP contribution is 2.15. The number of aromatic nitrogens is 2. The van der Waals surface area contributed by atoms with Crippen molar-refractivity contribution in [3.8, 4) is 5.88 Å². The molecule has 0 atom stereocenters. The third-order valence-corrected chi connectivity index (χ3v) is 2.25. The van der Waals surface area contributed by atoms with E-state index in [2.05, 4.69) is 29.1 Å². The normalized spacial score (nSPS) is 10.6. The maximum absolute atomic E-state index is 5.60. The van der Waals surface area contributed by atoms with Gasteiger partial charge in [-0.15, -0.1) is 0 Å². The van der Waals surface area contributed by atoms with Gasteiger partial charge in [-0.2, -0.15) is 9.97 Å². The molecule has 1 aromatic rings. The summed E-state index contributed by atoms with van der Waals surface area (Å²) in [6, 6.07) is 1.77. The molecule has 1 heterocycles. The molecule has 0 aliphatic heterocycles. The van der Waals surface area contributed by atoms with E-state index in [1.54, 1.807) is 6.07 Å². The Labute approximate surface area is 103 Å². The maximum atomic E-state index is 5.60. The number of nitrogen functional groups attached to an aromatic ring is 1. The van der Waals surface area contributed by atoms with Crippen molar-refractivity contribution in [2.45, 2.75) is 33.6 Å². The number of anilines is 2. The van der Waals surface area contributed by atoms with Crippen LogP contribution in [0.25, 0.3) is 0 Å². The van der Waals surface area contributed by atoms with Crippen molar-refractivity contribution in [1.82, 2.24) is 9.97 Å². The van der Waals surface area contributed by atoms with Crippen LogP contribution in [0, 0.1) is 5.92 Å². The predicted octanol–water partition coefficient (Wildman–Crippen LogP) is 2.31. The fraction of sp³-hybridized carbons (Fsp3) is 0.667. The third kappa shape index (κ3) is 5.38. The number of rotatable bonds is 7. The summed E-state index contributed by atoms with van der Waals surface area (Å²) in [4.78, 5) is 8.09. The van der Waals surface area contributed by atoms with Crippen LogP contribution in [0.5, 0.6) is 5.88 Å². The van der Waals surface area contributed by atoms with Gasteiger partial charge in [0.1, 0.15) is 5.82 Å². The summed E-state index contributed by atoms with van der Waals surface area (Å²) in [6.45, 7) is 7.86. The monoisotopic (exact) mass is 238 g/mol. The number of nitrogens with two attached hydrogens (primary N) is 1. The van der Waals surface area contributed by atoms with E-state index >= 15 is 0 Å². The molecule has 0 radical (unpaired) electrons. The van der Waals surface area contributed by atoms with Gasteiger partial charge in [-0.05, 0) is 25.7 Å². The molecule has 0 unspecified atom stereocenters. The summed E-state index contributed by atoms with van der Waals surface area (Å²) >= 11 is 0. The Kier molecular flexibility index (Phi) is 5.52. The molecule has 0 fully saturated rings. The van der Waals surface area contributed by atoms with Gasteiger partial charge in [-0.25, -0.2) is 0 Å². The van der Waals surface area contributed by atoms with Gasteiger partial charge < -0.3 is 15.8 Å². The van der Waals surface area contributed by atoms with Crippen LogP contribution in [0.4, 0.5) is 11.8 Å². The lowest BCUT2D eigenvalue weighted by molar-refractivity contribution is 0.287. The highest BCUT2D eigenvalue weighted by atomic mass is 16.5. The fourth-order valence-electron chi connectivity index (χ4n) is 1.46. The van der Waals surface area contributed by atoms with Gasteiger partial charge >= 0.3 is 0 Å². The molecule has 0 aliphatic carbocycles. The largest absolute Gasteiger partial charge is 0.477 e. The zero-order valence-corrected chi connectivity index (χ0v) is 10.9. The standard InChI is InChI=1S/C12H22N4O/c1-4-14-10-8-11(16-12(13)15-10)17-7-5-6-9(2)3/h8-9H,4-7H2,1-3H3,(H3,13,14,15,16). The molecule has 0 bridgehead atoms. The first-order chi connectivity index (χ1) is 8.11. The lowest BCUT2D eigenvalue weighted by Crippen LogP contribution is -2.06. The van der Waals surface area contributed by atoms with E-state index in [0.29, 0.717) is 24.2 Å². The SMILES string of the molecule is CCNc1cc(OCCCC(C)C)nc(N)n1. The van der Waals surface area contributed by atoms with Crippen molar-refractivity contribution in [2.75, 3.05) is 24.2 Å². The molecule has 0 saturated carbocycles. The Bertz CT molecular complexity index is 341. The molecule has 0 aromatic carbocycles. The van der Waals surface area contributed by atoms with Crippen molar-refractivity contribution in [3.05, 3.63) is 6.07 Å². The van der Waals surface area contributed by atoms with E-state index < -0.39 is 0 Å². The summed E-state index contributed by atoms with van der Waals surface area (Å²) in [5.74, 6) is 2.18. The molecule has 3 N–H and O–H groups in total. The molecule has 1 rings (SSSR count). The molecule has 17 heavy (non-hydrogen) atoms. The second kappa shape index (κ2) is 6.93. The van der Waals surface area contributed by atoms with Crippen molar-refractivity contribution in [1.29, 1.82) is 0 Å². The summed E-state index contributed by atoms with van der Waals surface area (Å²) < 4.78 is 5.55. The third-order valence-electron chi connectivity index (χ3n) is 2.25. The quantitative estimate of drug-likeness (QED) is 0.713. The van der Waals surface area contributed by atoms with Crippen LogP contribution in [0.2, 0.25) is 0 Å². The van der Waals surface area contributed by atoms with Gasteiger partial charge in [0.2, 0.25) is 11.8 Å². The molecule has 0 spiro atoms. The summed E-state index contributed by atoms with van der Waals surface area (Å²) in [7, 11) is 0. The predicted molar refractivity (Wildman–Crippen MR) is 70.2 cm³/mol. The molecule has 0 amide bonds. The van der Waals surface area contributed by atoms with Gasteiger partial charge in [0.15, 0.2) is 0 Å². The Morgan fingerprint density at radius 3 is 2.82 bits per heavy atom. The Hall–Kier alpha value is -1.52. The molecule has 5 nitrogen and oxygen atoms in total. The van der Waals surface area contributed by atoms with Gasteiger partial charge in [-0.1, -0.05) is 13.8 Å². The van der Waals surface area contributed by atoms with Crippen LogP contribution in [-0.4, -0.2) is 23.1 Å². The van der Waals surface area contributed by atoms with Crippen molar-refractivity contribution in [3.63, 3.8) is 0 Å². The molecule has 0 saturated heterocycles. The van der Waals surface area contributed by atoms with E-state index in [0.717, 1.165) is 19.4 Å². The highest BCUT2D eigenvalue weighted by Gasteiger charge is 2.03. The smallest absolute Gasteiger partial charge is 0.225 e. The summed E-state index contributed by atoms with van der Waals surface area (Å²) in [5.41, 5.74) is 5.60. The van der Waals surface area contributed by atoms with Crippen LogP contribution in [0.3, 0.4) is 0 Å². The minimum atomic E-state index is 0.238. The summed E-state index contributed by atoms with van der Waals surface area (Å²) in [5, 5.41) is 3.09. The number of hydrogen-bond acceptors (Lipinski definition) is 5. The van der Waals surface area contributed by atoms with Crippen LogP contribution in [0.15, 0.2) is 6.07 Å². The zero-order valence-electron chi connectivity index (χ0n) is 10.9. The Morgan fingerprint density at radius 1 is 1.41 bits per heavy atom. The van der Waals surface area contributed by atoms with E-state index in [-0.39, 0.29) is 5.95 Å². The Morgan fingerprint density at radius 2 is 2.18 bits per heavy atom. The second-order valence-electron chi connectivity index (χ2n) is 4.36. The zero-order chi connectivity index (χ0) is 12.7. The van der Waals surface area contributed by atoms with Gasteiger partial charge in [0.25, 0.3) is 0 Å². The first-order valence-corrected chi connectivity index (χ1v) is 6.13. The molecule has 1 aromatic heterocycles. The number of nitrogens with zero attached hydrogens (tertiary/aromatic N) is 2. The van der Waals surface area contributed by atoms with Crippen LogP contribution >= 0.6 is 0 Å². The lowest BCUT2D eigenvalue weighted by Gasteiger charge is -2.09. The highest BCUT2D eigenvalue weighted by molar-refractivity contribution is 5.42. The number of ether oxygens (including phenoxy) is 1. The van der Waals surface area contributed by atoms with Crippen LogP contribution in [-0.2, 0) is 0 Å².